The molecule has 0 nitrogen and oxygen atoms in total. The Bertz CT molecular complexity index is 175. The maximum atomic E-state index is 5.63. The van der Waals surface area contributed by atoms with Gasteiger partial charge in [0.1, 0.15) is 0 Å². The molecule has 0 heterocycles. The van der Waals surface area contributed by atoms with Crippen molar-refractivity contribution in [1.82, 2.24) is 0 Å². The quantitative estimate of drug-likeness (QED) is 0.543. The molecule has 0 aliphatic rings. The van der Waals surface area contributed by atoms with Crippen LogP contribution in [0.15, 0.2) is 16.7 Å². The Hall–Kier alpha value is 0.0383. The van der Waals surface area contributed by atoms with Gasteiger partial charge in [-0.25, -0.2) is 0 Å². The van der Waals surface area contributed by atoms with E-state index in [0.717, 1.165) is 5.57 Å². The average Bonchev–Trinajstić information content (AvgIpc) is 1.84. The van der Waals surface area contributed by atoms with Crippen LogP contribution in [0.2, 0.25) is 0 Å². The van der Waals surface area contributed by atoms with Crippen molar-refractivity contribution in [3.63, 3.8) is 0 Å². The molecule has 56 valence electrons. The first kappa shape index (κ1) is 10.0. The Morgan fingerprint density at radius 3 is 1.50 bits per heavy atom. The van der Waals surface area contributed by atoms with Gasteiger partial charge in [-0.1, -0.05) is 0 Å². The molecule has 0 unspecified atom stereocenters. The Balaban J connectivity index is 4.67. The van der Waals surface area contributed by atoms with E-state index in [-0.39, 0.29) is 0 Å². The van der Waals surface area contributed by atoms with Crippen LogP contribution in [-0.4, -0.2) is 3.90 Å². The summed E-state index contributed by atoms with van der Waals surface area (Å²) in [7, 11) is 0. The summed E-state index contributed by atoms with van der Waals surface area (Å²) in [6, 6.07) is 0. The van der Waals surface area contributed by atoms with Crippen molar-refractivity contribution in [3.05, 3.63) is 23.3 Å². The maximum absolute atomic E-state index is 5.63. The SMILES string of the molecule is [CH-]=C(C)/C(C)=C(/C)[C](C)=[W]. The van der Waals surface area contributed by atoms with Crippen molar-refractivity contribution in [2.75, 3.05) is 0 Å². The predicted molar refractivity (Wildman–Crippen MR) is 42.5 cm³/mol. The molecule has 0 aliphatic carbocycles. The Labute approximate surface area is 74.4 Å². The summed E-state index contributed by atoms with van der Waals surface area (Å²) >= 11 is 1.52. The average molecular weight is 305 g/mol. The second kappa shape index (κ2) is 4.03. The molecule has 0 atom stereocenters. The third kappa shape index (κ3) is 2.75. The monoisotopic (exact) mass is 305 g/mol. The van der Waals surface area contributed by atoms with Crippen molar-refractivity contribution in [2.45, 2.75) is 27.7 Å². The number of hydrogen-bond acceptors (Lipinski definition) is 0. The summed E-state index contributed by atoms with van der Waals surface area (Å²) in [5.41, 5.74) is 3.50. The standard InChI is InChI=1S/C9H13.W/c1-6-8(4)9(5)7(2)3;/h2H,1,3-5H3;/q-1;/b9-8-;. The van der Waals surface area contributed by atoms with Gasteiger partial charge in [-0.2, -0.15) is 0 Å². The first-order valence-corrected chi connectivity index (χ1v) is 4.71. The zero-order valence-electron chi connectivity index (χ0n) is 6.99. The van der Waals surface area contributed by atoms with Crippen LogP contribution in [-0.2, 0) is 19.4 Å². The van der Waals surface area contributed by atoms with Crippen LogP contribution in [0, 0.1) is 6.58 Å². The van der Waals surface area contributed by atoms with Crippen LogP contribution >= 0.6 is 0 Å². The second-order valence-electron chi connectivity index (χ2n) is 2.49. The van der Waals surface area contributed by atoms with Crippen LogP contribution in [0.1, 0.15) is 27.7 Å². The fraction of sp³-hybridized carbons (Fsp3) is 0.444. The van der Waals surface area contributed by atoms with E-state index in [1.165, 1.54) is 34.4 Å². The van der Waals surface area contributed by atoms with E-state index in [0.29, 0.717) is 0 Å². The molecule has 0 aromatic carbocycles. The first-order chi connectivity index (χ1) is 4.46. The normalized spacial score (nSPS) is 12.4. The summed E-state index contributed by atoms with van der Waals surface area (Å²) in [5.74, 6) is 0. The van der Waals surface area contributed by atoms with E-state index < -0.39 is 0 Å². The van der Waals surface area contributed by atoms with Crippen molar-refractivity contribution >= 4 is 3.90 Å². The van der Waals surface area contributed by atoms with Gasteiger partial charge in [0.25, 0.3) is 0 Å². The molecule has 0 saturated carbocycles. The molecule has 0 N–H and O–H groups in total. The molecule has 10 heavy (non-hydrogen) atoms. The fourth-order valence-corrected chi connectivity index (χ4v) is 1.11. The topological polar surface area (TPSA) is 0 Å². The summed E-state index contributed by atoms with van der Waals surface area (Å²) in [6.45, 7) is 13.9. The zero-order valence-corrected chi connectivity index (χ0v) is 9.92. The minimum atomic E-state index is 0.929. The number of rotatable bonds is 2. The van der Waals surface area contributed by atoms with Gasteiger partial charge in [0.2, 0.25) is 0 Å². The van der Waals surface area contributed by atoms with Gasteiger partial charge in [-0.3, -0.25) is 0 Å². The van der Waals surface area contributed by atoms with Gasteiger partial charge < -0.3 is 0 Å². The van der Waals surface area contributed by atoms with Crippen molar-refractivity contribution in [1.29, 1.82) is 0 Å². The number of allylic oxidation sites excluding steroid dienone is 3. The summed E-state index contributed by atoms with van der Waals surface area (Å²) in [4.78, 5) is 0. The fourth-order valence-electron chi connectivity index (χ4n) is 0.560. The van der Waals surface area contributed by atoms with Gasteiger partial charge in [0.05, 0.1) is 0 Å². The molecule has 0 fully saturated rings. The molecule has 0 bridgehead atoms. The van der Waals surface area contributed by atoms with Crippen molar-refractivity contribution < 1.29 is 19.4 Å². The molecule has 0 spiro atoms. The molecule has 0 amide bonds. The zero-order chi connectivity index (χ0) is 8.31. The van der Waals surface area contributed by atoms with Crippen molar-refractivity contribution in [3.8, 4) is 0 Å². The molecule has 0 aliphatic heterocycles. The molecule has 0 rings (SSSR count). The van der Waals surface area contributed by atoms with Crippen molar-refractivity contribution in [2.24, 2.45) is 0 Å². The van der Waals surface area contributed by atoms with Gasteiger partial charge in [-0.15, -0.1) is 0 Å². The van der Waals surface area contributed by atoms with E-state index in [2.05, 4.69) is 20.8 Å². The molecule has 1 heteroatoms. The van der Waals surface area contributed by atoms with Gasteiger partial charge in [-0.05, 0) is 0 Å². The molecule has 0 aromatic heterocycles. The number of hydrogen-bond donors (Lipinski definition) is 0. The van der Waals surface area contributed by atoms with Gasteiger partial charge in [0, 0.05) is 0 Å². The Morgan fingerprint density at radius 1 is 1.00 bits per heavy atom. The van der Waals surface area contributed by atoms with Crippen LogP contribution in [0.4, 0.5) is 0 Å². The van der Waals surface area contributed by atoms with E-state index in [1.54, 1.807) is 0 Å². The molecular formula is C9H13W-. The van der Waals surface area contributed by atoms with E-state index >= 15 is 0 Å². The minimum absolute atomic E-state index is 0.929. The second-order valence-corrected chi connectivity index (χ2v) is 4.69. The molecular weight excluding hydrogens is 292 g/mol. The van der Waals surface area contributed by atoms with E-state index in [4.69, 9.17) is 6.58 Å². The third-order valence-electron chi connectivity index (χ3n) is 1.68. The van der Waals surface area contributed by atoms with Gasteiger partial charge >= 0.3 is 74.2 Å². The van der Waals surface area contributed by atoms with Crippen LogP contribution < -0.4 is 0 Å². The van der Waals surface area contributed by atoms with Crippen LogP contribution in [0.5, 0.6) is 0 Å². The summed E-state index contributed by atoms with van der Waals surface area (Å²) in [6.07, 6.45) is 0. The Morgan fingerprint density at radius 2 is 1.40 bits per heavy atom. The summed E-state index contributed by atoms with van der Waals surface area (Å²) in [5, 5.41) is 0. The van der Waals surface area contributed by atoms with Crippen LogP contribution in [0.25, 0.3) is 0 Å². The van der Waals surface area contributed by atoms with E-state index in [9.17, 15) is 0 Å². The molecule has 0 aromatic rings. The third-order valence-corrected chi connectivity index (χ3v) is 2.78. The van der Waals surface area contributed by atoms with Gasteiger partial charge in [0.15, 0.2) is 0 Å². The first-order valence-electron chi connectivity index (χ1n) is 3.24. The molecule has 0 saturated heterocycles. The Kier molecular flexibility index (Phi) is 4.05. The molecule has 0 radical (unpaired) electrons. The van der Waals surface area contributed by atoms with E-state index in [1.807, 2.05) is 6.92 Å². The van der Waals surface area contributed by atoms with Crippen LogP contribution in [0.3, 0.4) is 0 Å². The summed E-state index contributed by atoms with van der Waals surface area (Å²) < 4.78 is 1.42. The predicted octanol–water partition coefficient (Wildman–Crippen LogP) is 2.44.